The van der Waals surface area contributed by atoms with E-state index in [0.717, 1.165) is 25.1 Å². The Morgan fingerprint density at radius 2 is 2.25 bits per heavy atom. The fourth-order valence-electron chi connectivity index (χ4n) is 1.76. The van der Waals surface area contributed by atoms with Crippen LogP contribution in [0.4, 0.5) is 0 Å². The second-order valence-electron chi connectivity index (χ2n) is 4.17. The molecule has 2 atom stereocenters. The SMILES string of the molecule is CCNC(C1=CCCCO1)C(C)S(C)(=O)=O. The Labute approximate surface area is 98.0 Å². The van der Waals surface area contributed by atoms with E-state index in [1.807, 2.05) is 13.0 Å². The van der Waals surface area contributed by atoms with Crippen molar-refractivity contribution in [2.24, 2.45) is 0 Å². The fraction of sp³-hybridized carbons (Fsp3) is 0.818. The van der Waals surface area contributed by atoms with Crippen molar-refractivity contribution in [1.82, 2.24) is 5.32 Å². The van der Waals surface area contributed by atoms with E-state index in [0.29, 0.717) is 6.61 Å². The van der Waals surface area contributed by atoms with Crippen LogP contribution in [0.15, 0.2) is 11.8 Å². The molecule has 0 aliphatic carbocycles. The first-order valence-corrected chi connectivity index (χ1v) is 7.67. The molecule has 0 saturated carbocycles. The van der Waals surface area contributed by atoms with Crippen molar-refractivity contribution in [3.8, 4) is 0 Å². The van der Waals surface area contributed by atoms with E-state index in [4.69, 9.17) is 4.74 Å². The lowest BCUT2D eigenvalue weighted by atomic mass is 10.1. The molecular formula is C11H21NO3S. The van der Waals surface area contributed by atoms with Gasteiger partial charge in [-0.15, -0.1) is 0 Å². The predicted molar refractivity (Wildman–Crippen MR) is 65.0 cm³/mol. The van der Waals surface area contributed by atoms with Crippen molar-refractivity contribution < 1.29 is 13.2 Å². The van der Waals surface area contributed by atoms with Gasteiger partial charge in [-0.05, 0) is 32.4 Å². The summed E-state index contributed by atoms with van der Waals surface area (Å²) in [5.74, 6) is 0.783. The number of nitrogens with one attached hydrogen (secondary N) is 1. The Morgan fingerprint density at radius 1 is 1.56 bits per heavy atom. The summed E-state index contributed by atoms with van der Waals surface area (Å²) in [6.45, 7) is 5.10. The highest BCUT2D eigenvalue weighted by atomic mass is 32.2. The third-order valence-electron chi connectivity index (χ3n) is 2.84. The molecule has 1 aliphatic heterocycles. The number of hydrogen-bond donors (Lipinski definition) is 1. The minimum absolute atomic E-state index is 0.222. The van der Waals surface area contributed by atoms with Gasteiger partial charge in [0, 0.05) is 6.26 Å². The molecule has 1 rings (SSSR count). The summed E-state index contributed by atoms with van der Waals surface area (Å²) in [7, 11) is -3.06. The number of allylic oxidation sites excluding steroid dienone is 1. The molecule has 5 heteroatoms. The molecule has 1 heterocycles. The minimum atomic E-state index is -3.06. The molecule has 0 aromatic heterocycles. The maximum Gasteiger partial charge on any atom is 0.152 e. The van der Waals surface area contributed by atoms with E-state index in [-0.39, 0.29) is 6.04 Å². The lowest BCUT2D eigenvalue weighted by Crippen LogP contribution is -2.44. The van der Waals surface area contributed by atoms with E-state index < -0.39 is 15.1 Å². The normalized spacial score (nSPS) is 20.8. The minimum Gasteiger partial charge on any atom is -0.497 e. The van der Waals surface area contributed by atoms with Gasteiger partial charge in [0.25, 0.3) is 0 Å². The van der Waals surface area contributed by atoms with Gasteiger partial charge in [0.2, 0.25) is 0 Å². The van der Waals surface area contributed by atoms with Crippen LogP contribution in [-0.4, -0.2) is 39.1 Å². The maximum atomic E-state index is 11.6. The van der Waals surface area contributed by atoms with E-state index in [2.05, 4.69) is 5.32 Å². The summed E-state index contributed by atoms with van der Waals surface area (Å²) < 4.78 is 28.7. The Morgan fingerprint density at radius 3 is 2.69 bits per heavy atom. The van der Waals surface area contributed by atoms with Gasteiger partial charge in [-0.1, -0.05) is 6.92 Å². The first-order chi connectivity index (χ1) is 7.46. The highest BCUT2D eigenvalue weighted by molar-refractivity contribution is 7.91. The molecule has 0 saturated heterocycles. The summed E-state index contributed by atoms with van der Waals surface area (Å²) in [6.07, 6.45) is 5.24. The van der Waals surface area contributed by atoms with Gasteiger partial charge in [0.1, 0.15) is 5.76 Å². The van der Waals surface area contributed by atoms with Crippen molar-refractivity contribution in [3.05, 3.63) is 11.8 Å². The van der Waals surface area contributed by atoms with Gasteiger partial charge in [-0.25, -0.2) is 8.42 Å². The summed E-state index contributed by atoms with van der Waals surface area (Å²) in [4.78, 5) is 0. The molecule has 2 unspecified atom stereocenters. The van der Waals surface area contributed by atoms with Gasteiger partial charge < -0.3 is 10.1 Å². The van der Waals surface area contributed by atoms with E-state index in [9.17, 15) is 8.42 Å². The van der Waals surface area contributed by atoms with Crippen LogP contribution in [0.3, 0.4) is 0 Å². The number of rotatable bonds is 5. The number of hydrogen-bond acceptors (Lipinski definition) is 4. The summed E-state index contributed by atoms with van der Waals surface area (Å²) in [5.41, 5.74) is 0. The molecule has 0 radical (unpaired) electrons. The average molecular weight is 247 g/mol. The lowest BCUT2D eigenvalue weighted by Gasteiger charge is -2.28. The third-order valence-corrected chi connectivity index (χ3v) is 4.46. The molecule has 1 aliphatic rings. The molecule has 0 aromatic rings. The van der Waals surface area contributed by atoms with Crippen LogP contribution in [-0.2, 0) is 14.6 Å². The molecule has 0 bridgehead atoms. The first kappa shape index (κ1) is 13.5. The highest BCUT2D eigenvalue weighted by Gasteiger charge is 2.30. The van der Waals surface area contributed by atoms with Crippen LogP contribution in [0.2, 0.25) is 0 Å². The maximum absolute atomic E-state index is 11.6. The third kappa shape index (κ3) is 3.49. The van der Waals surface area contributed by atoms with Crippen LogP contribution in [0.5, 0.6) is 0 Å². The van der Waals surface area contributed by atoms with Crippen molar-refractivity contribution >= 4 is 9.84 Å². The van der Waals surface area contributed by atoms with E-state index in [1.54, 1.807) is 6.92 Å². The van der Waals surface area contributed by atoms with Crippen LogP contribution in [0, 0.1) is 0 Å². The van der Waals surface area contributed by atoms with Crippen LogP contribution in [0.25, 0.3) is 0 Å². The van der Waals surface area contributed by atoms with E-state index in [1.165, 1.54) is 6.26 Å². The zero-order chi connectivity index (χ0) is 12.2. The lowest BCUT2D eigenvalue weighted by molar-refractivity contribution is 0.167. The van der Waals surface area contributed by atoms with Gasteiger partial charge in [0.15, 0.2) is 9.84 Å². The van der Waals surface area contributed by atoms with Crippen LogP contribution in [0.1, 0.15) is 26.7 Å². The molecule has 0 spiro atoms. The largest absolute Gasteiger partial charge is 0.497 e. The van der Waals surface area contributed by atoms with Gasteiger partial charge in [0.05, 0.1) is 17.9 Å². The van der Waals surface area contributed by atoms with Crippen molar-refractivity contribution in [1.29, 1.82) is 0 Å². The smallest absolute Gasteiger partial charge is 0.152 e. The zero-order valence-electron chi connectivity index (χ0n) is 10.2. The molecule has 0 amide bonds. The quantitative estimate of drug-likeness (QED) is 0.790. The molecule has 0 aromatic carbocycles. The number of ether oxygens (including phenoxy) is 1. The van der Waals surface area contributed by atoms with Crippen molar-refractivity contribution in [2.45, 2.75) is 38.0 Å². The van der Waals surface area contributed by atoms with Crippen LogP contribution >= 0.6 is 0 Å². The average Bonchev–Trinajstić information content (AvgIpc) is 2.25. The molecular weight excluding hydrogens is 226 g/mol. The molecule has 94 valence electrons. The zero-order valence-corrected chi connectivity index (χ0v) is 11.0. The molecule has 1 N–H and O–H groups in total. The molecule has 0 fully saturated rings. The van der Waals surface area contributed by atoms with E-state index >= 15 is 0 Å². The second-order valence-corrected chi connectivity index (χ2v) is 6.57. The highest BCUT2D eigenvalue weighted by Crippen LogP contribution is 2.19. The van der Waals surface area contributed by atoms with Gasteiger partial charge >= 0.3 is 0 Å². The van der Waals surface area contributed by atoms with Gasteiger partial charge in [-0.2, -0.15) is 0 Å². The van der Waals surface area contributed by atoms with Crippen molar-refractivity contribution in [2.75, 3.05) is 19.4 Å². The molecule has 16 heavy (non-hydrogen) atoms. The topological polar surface area (TPSA) is 55.4 Å². The Balaban J connectivity index is 2.85. The summed E-state index contributed by atoms with van der Waals surface area (Å²) in [5, 5.41) is 2.72. The Kier molecular flexibility index (Phi) is 4.80. The summed E-state index contributed by atoms with van der Waals surface area (Å²) >= 11 is 0. The number of sulfone groups is 1. The predicted octanol–water partition coefficient (Wildman–Crippen LogP) is 1.09. The van der Waals surface area contributed by atoms with Crippen LogP contribution < -0.4 is 5.32 Å². The Hall–Kier alpha value is -0.550. The molecule has 4 nitrogen and oxygen atoms in total. The Bertz CT molecular complexity index is 348. The number of likely N-dealkylation sites (N-methyl/N-ethyl adjacent to an activating group) is 1. The standard InChI is InChI=1S/C11H21NO3S/c1-4-12-11(9(2)16(3,13)14)10-7-5-6-8-15-10/h7,9,11-12H,4-6,8H2,1-3H3. The fourth-order valence-corrected chi connectivity index (χ4v) is 2.48. The van der Waals surface area contributed by atoms with Gasteiger partial charge in [-0.3, -0.25) is 0 Å². The van der Waals surface area contributed by atoms with Crippen molar-refractivity contribution in [3.63, 3.8) is 0 Å². The summed E-state index contributed by atoms with van der Waals surface area (Å²) in [6, 6.07) is -0.222. The second kappa shape index (κ2) is 5.68. The first-order valence-electron chi connectivity index (χ1n) is 5.72. The monoisotopic (exact) mass is 247 g/mol.